The minimum absolute atomic E-state index is 0.589. The van der Waals surface area contributed by atoms with E-state index in [4.69, 9.17) is 4.74 Å². The molecule has 0 amide bonds. The molecule has 0 aromatic carbocycles. The first-order valence-corrected chi connectivity index (χ1v) is 6.15. The highest BCUT2D eigenvalue weighted by molar-refractivity contribution is 4.88. The third kappa shape index (κ3) is 2.71. The molecule has 0 bridgehead atoms. The maximum absolute atomic E-state index is 5.49. The van der Waals surface area contributed by atoms with Crippen LogP contribution in [0.4, 0.5) is 0 Å². The molecule has 0 aliphatic carbocycles. The van der Waals surface area contributed by atoms with Crippen LogP contribution in [0.2, 0.25) is 0 Å². The summed E-state index contributed by atoms with van der Waals surface area (Å²) in [5.41, 5.74) is 0.589. The number of nitrogens with zero attached hydrogens (tertiary/aromatic N) is 1. The van der Waals surface area contributed by atoms with Crippen molar-refractivity contribution in [2.45, 2.75) is 40.0 Å². The Bertz CT molecular complexity index is 142. The van der Waals surface area contributed by atoms with Crippen molar-refractivity contribution in [2.24, 2.45) is 5.41 Å². The summed E-state index contributed by atoms with van der Waals surface area (Å²) in [6.07, 6.45) is 4.03. The fraction of sp³-hybridized carbons (Fsp3) is 1.00. The van der Waals surface area contributed by atoms with Gasteiger partial charge in [-0.3, -0.25) is 0 Å². The van der Waals surface area contributed by atoms with E-state index < -0.39 is 0 Å². The van der Waals surface area contributed by atoms with Crippen molar-refractivity contribution in [1.29, 1.82) is 0 Å². The third-order valence-electron chi connectivity index (χ3n) is 3.55. The van der Waals surface area contributed by atoms with Crippen molar-refractivity contribution in [3.63, 3.8) is 0 Å². The van der Waals surface area contributed by atoms with Gasteiger partial charge >= 0.3 is 0 Å². The summed E-state index contributed by atoms with van der Waals surface area (Å²) in [6.45, 7) is 12.1. The molecule has 0 aromatic rings. The van der Waals surface area contributed by atoms with Crippen molar-refractivity contribution in [3.8, 4) is 0 Å². The number of rotatable bonds is 1. The minimum Gasteiger partial charge on any atom is -0.381 e. The molecule has 2 aliphatic heterocycles. The van der Waals surface area contributed by atoms with Crippen molar-refractivity contribution < 1.29 is 4.74 Å². The van der Waals surface area contributed by atoms with Crippen LogP contribution in [0.25, 0.3) is 0 Å². The van der Waals surface area contributed by atoms with E-state index in [1.165, 1.54) is 38.9 Å². The van der Waals surface area contributed by atoms with E-state index in [0.717, 1.165) is 13.2 Å². The molecule has 1 spiro atoms. The van der Waals surface area contributed by atoms with E-state index in [1.807, 2.05) is 13.8 Å². The zero-order valence-corrected chi connectivity index (χ0v) is 10.0. The molecule has 0 unspecified atom stereocenters. The van der Waals surface area contributed by atoms with Crippen LogP contribution in [0.3, 0.4) is 0 Å². The molecule has 0 radical (unpaired) electrons. The van der Waals surface area contributed by atoms with Crippen LogP contribution < -0.4 is 0 Å². The van der Waals surface area contributed by atoms with E-state index in [9.17, 15) is 0 Å². The zero-order chi connectivity index (χ0) is 10.4. The van der Waals surface area contributed by atoms with Gasteiger partial charge in [-0.05, 0) is 44.3 Å². The van der Waals surface area contributed by atoms with E-state index in [2.05, 4.69) is 11.8 Å². The molecule has 84 valence electrons. The number of piperidine rings is 1. The topological polar surface area (TPSA) is 12.5 Å². The second-order valence-electron chi connectivity index (χ2n) is 4.24. The van der Waals surface area contributed by atoms with Crippen LogP contribution in [-0.2, 0) is 4.74 Å². The second-order valence-corrected chi connectivity index (χ2v) is 4.24. The van der Waals surface area contributed by atoms with Gasteiger partial charge in [0.15, 0.2) is 0 Å². The Morgan fingerprint density at radius 3 is 2.21 bits per heavy atom. The van der Waals surface area contributed by atoms with Gasteiger partial charge in [0.2, 0.25) is 0 Å². The molecule has 2 heterocycles. The Kier molecular flexibility index (Phi) is 4.90. The van der Waals surface area contributed by atoms with Crippen LogP contribution in [-0.4, -0.2) is 37.7 Å². The molecule has 0 N–H and O–H groups in total. The van der Waals surface area contributed by atoms with Crippen LogP contribution in [0.1, 0.15) is 40.0 Å². The minimum atomic E-state index is 0.589. The van der Waals surface area contributed by atoms with Crippen molar-refractivity contribution in [3.05, 3.63) is 0 Å². The Hall–Kier alpha value is -0.0800. The number of likely N-dealkylation sites (tertiary alicyclic amines) is 1. The largest absolute Gasteiger partial charge is 0.381 e. The standard InChI is InChI=1S/C10H19NO.C2H6/c1-2-11-6-3-10(4-7-11)5-8-12-9-10;1-2/h2-9H2,1H3;1-2H3. The zero-order valence-electron chi connectivity index (χ0n) is 10.0. The lowest BCUT2D eigenvalue weighted by Crippen LogP contribution is -2.40. The van der Waals surface area contributed by atoms with Crippen LogP contribution in [0.15, 0.2) is 0 Å². The average Bonchev–Trinajstić information content (AvgIpc) is 2.71. The normalized spacial score (nSPS) is 25.9. The summed E-state index contributed by atoms with van der Waals surface area (Å²) in [7, 11) is 0. The summed E-state index contributed by atoms with van der Waals surface area (Å²) in [4.78, 5) is 2.55. The Morgan fingerprint density at radius 1 is 1.14 bits per heavy atom. The molecule has 2 aliphatic rings. The first kappa shape index (κ1) is 12.0. The molecule has 2 fully saturated rings. The van der Waals surface area contributed by atoms with E-state index in [1.54, 1.807) is 0 Å². The van der Waals surface area contributed by atoms with Gasteiger partial charge < -0.3 is 9.64 Å². The van der Waals surface area contributed by atoms with E-state index >= 15 is 0 Å². The quantitative estimate of drug-likeness (QED) is 0.643. The molecule has 14 heavy (non-hydrogen) atoms. The molecule has 0 saturated carbocycles. The predicted octanol–water partition coefficient (Wildman–Crippen LogP) is 2.54. The van der Waals surface area contributed by atoms with Gasteiger partial charge in [-0.25, -0.2) is 0 Å². The first-order valence-electron chi connectivity index (χ1n) is 6.15. The number of hydrogen-bond acceptors (Lipinski definition) is 2. The molecular formula is C12H25NO. The van der Waals surface area contributed by atoms with Gasteiger partial charge in [-0.1, -0.05) is 20.8 Å². The summed E-state index contributed by atoms with van der Waals surface area (Å²) in [5.74, 6) is 0. The third-order valence-corrected chi connectivity index (χ3v) is 3.55. The molecule has 2 heteroatoms. The van der Waals surface area contributed by atoms with Crippen molar-refractivity contribution in [1.82, 2.24) is 4.90 Å². The van der Waals surface area contributed by atoms with E-state index in [-0.39, 0.29) is 0 Å². The molecule has 2 nitrogen and oxygen atoms in total. The van der Waals surface area contributed by atoms with Crippen LogP contribution in [0.5, 0.6) is 0 Å². The first-order chi connectivity index (χ1) is 6.85. The van der Waals surface area contributed by atoms with Crippen LogP contribution in [0, 0.1) is 5.41 Å². The predicted molar refractivity (Wildman–Crippen MR) is 60.6 cm³/mol. The Labute approximate surface area is 88.6 Å². The lowest BCUT2D eigenvalue weighted by molar-refractivity contribution is 0.0833. The average molecular weight is 199 g/mol. The smallest absolute Gasteiger partial charge is 0.0524 e. The van der Waals surface area contributed by atoms with Crippen molar-refractivity contribution in [2.75, 3.05) is 32.8 Å². The molecule has 2 rings (SSSR count). The van der Waals surface area contributed by atoms with Crippen LogP contribution >= 0.6 is 0 Å². The summed E-state index contributed by atoms with van der Waals surface area (Å²) in [6, 6.07) is 0. The second kappa shape index (κ2) is 5.72. The summed E-state index contributed by atoms with van der Waals surface area (Å²) in [5, 5.41) is 0. The fourth-order valence-electron chi connectivity index (χ4n) is 2.39. The lowest BCUT2D eigenvalue weighted by Gasteiger charge is -2.37. The maximum Gasteiger partial charge on any atom is 0.0524 e. The highest BCUT2D eigenvalue weighted by atomic mass is 16.5. The van der Waals surface area contributed by atoms with Gasteiger partial charge in [0.25, 0.3) is 0 Å². The van der Waals surface area contributed by atoms with Gasteiger partial charge in [0.1, 0.15) is 0 Å². The fourth-order valence-corrected chi connectivity index (χ4v) is 2.39. The number of ether oxygens (including phenoxy) is 1. The maximum atomic E-state index is 5.49. The Balaban J connectivity index is 0.000000461. The number of hydrogen-bond donors (Lipinski definition) is 0. The Morgan fingerprint density at radius 2 is 1.79 bits per heavy atom. The molecule has 0 atom stereocenters. The molecular weight excluding hydrogens is 174 g/mol. The summed E-state index contributed by atoms with van der Waals surface area (Å²) >= 11 is 0. The highest BCUT2D eigenvalue weighted by Crippen LogP contribution is 2.38. The monoisotopic (exact) mass is 199 g/mol. The van der Waals surface area contributed by atoms with Gasteiger partial charge in [-0.2, -0.15) is 0 Å². The van der Waals surface area contributed by atoms with Gasteiger partial charge in [0.05, 0.1) is 6.61 Å². The lowest BCUT2D eigenvalue weighted by atomic mass is 9.78. The van der Waals surface area contributed by atoms with E-state index in [0.29, 0.717) is 5.41 Å². The molecule has 2 saturated heterocycles. The summed E-state index contributed by atoms with van der Waals surface area (Å²) < 4.78 is 5.49. The molecule has 0 aromatic heterocycles. The SMILES string of the molecule is CC.CCN1CCC2(CCOC2)CC1. The van der Waals surface area contributed by atoms with Gasteiger partial charge in [-0.15, -0.1) is 0 Å². The highest BCUT2D eigenvalue weighted by Gasteiger charge is 2.37. The van der Waals surface area contributed by atoms with Crippen molar-refractivity contribution >= 4 is 0 Å². The van der Waals surface area contributed by atoms with Gasteiger partial charge in [0, 0.05) is 6.61 Å².